The molecule has 2 aliphatic heterocycles. The van der Waals surface area contributed by atoms with Crippen molar-refractivity contribution >= 4 is 29.6 Å². The first-order valence-electron chi connectivity index (χ1n) is 3.08. The molecule has 56 valence electrons. The van der Waals surface area contributed by atoms with Crippen molar-refractivity contribution in [3.8, 4) is 0 Å². The highest BCUT2D eigenvalue weighted by molar-refractivity contribution is 6.36. The van der Waals surface area contributed by atoms with Crippen LogP contribution in [0.5, 0.6) is 0 Å². The molecule has 0 radical (unpaired) electrons. The summed E-state index contributed by atoms with van der Waals surface area (Å²) in [5, 5.41) is 0.574. The molecule has 0 saturated heterocycles. The first-order valence-corrected chi connectivity index (χ1v) is 3.46. The minimum absolute atomic E-state index is 0.205. The Bertz CT molecular complexity index is 313. The fourth-order valence-corrected chi connectivity index (χ4v) is 1.23. The molecular weight excluding hydrogens is 164 g/mol. The Morgan fingerprint density at radius 1 is 1.55 bits per heavy atom. The second-order valence-electron chi connectivity index (χ2n) is 2.22. The second kappa shape index (κ2) is 2.17. The van der Waals surface area contributed by atoms with E-state index in [4.69, 9.17) is 17.3 Å². The standard InChI is InChI=1S/C6H5ClN4/c7-3-1-4(8)11-6-5(3)9-2-10-6/h1-2,5H,(H2,8,9,10,11). The molecule has 2 aliphatic rings. The van der Waals surface area contributed by atoms with Crippen LogP contribution in [-0.4, -0.2) is 24.1 Å². The predicted molar refractivity (Wildman–Crippen MR) is 45.3 cm³/mol. The molecule has 1 atom stereocenters. The van der Waals surface area contributed by atoms with Crippen LogP contribution in [0.15, 0.2) is 26.1 Å². The van der Waals surface area contributed by atoms with E-state index in [1.807, 2.05) is 0 Å². The Kier molecular flexibility index (Phi) is 1.29. The van der Waals surface area contributed by atoms with E-state index in [1.165, 1.54) is 6.34 Å². The summed E-state index contributed by atoms with van der Waals surface area (Å²) in [6.07, 6.45) is 3.03. The van der Waals surface area contributed by atoms with Crippen molar-refractivity contribution in [2.24, 2.45) is 20.7 Å². The third kappa shape index (κ3) is 0.952. The van der Waals surface area contributed by atoms with Crippen LogP contribution in [0.4, 0.5) is 0 Å². The van der Waals surface area contributed by atoms with Crippen LogP contribution in [0.25, 0.3) is 0 Å². The lowest BCUT2D eigenvalue weighted by atomic mass is 10.2. The largest absolute Gasteiger partial charge is 0.384 e. The molecule has 0 aliphatic carbocycles. The van der Waals surface area contributed by atoms with Gasteiger partial charge in [0.05, 0.1) is 5.03 Å². The molecule has 0 amide bonds. The van der Waals surface area contributed by atoms with Gasteiger partial charge in [-0.05, 0) is 6.08 Å². The minimum Gasteiger partial charge on any atom is -0.384 e. The van der Waals surface area contributed by atoms with Crippen molar-refractivity contribution < 1.29 is 0 Å². The molecule has 11 heavy (non-hydrogen) atoms. The quantitative estimate of drug-likeness (QED) is 0.555. The van der Waals surface area contributed by atoms with Gasteiger partial charge >= 0.3 is 0 Å². The molecule has 0 spiro atoms. The highest BCUT2D eigenvalue weighted by Gasteiger charge is 2.24. The average molecular weight is 169 g/mol. The molecule has 0 bridgehead atoms. The molecule has 0 aromatic heterocycles. The zero-order valence-electron chi connectivity index (χ0n) is 5.53. The van der Waals surface area contributed by atoms with Crippen molar-refractivity contribution in [3.05, 3.63) is 11.1 Å². The summed E-state index contributed by atoms with van der Waals surface area (Å²) in [7, 11) is 0. The van der Waals surface area contributed by atoms with E-state index in [1.54, 1.807) is 6.08 Å². The number of hydrogen-bond donors (Lipinski definition) is 1. The van der Waals surface area contributed by atoms with E-state index in [2.05, 4.69) is 15.0 Å². The van der Waals surface area contributed by atoms with Crippen molar-refractivity contribution in [1.29, 1.82) is 0 Å². The lowest BCUT2D eigenvalue weighted by molar-refractivity contribution is 1.07. The van der Waals surface area contributed by atoms with Gasteiger partial charge in [0.15, 0.2) is 5.84 Å². The van der Waals surface area contributed by atoms with E-state index in [0.29, 0.717) is 16.7 Å². The van der Waals surface area contributed by atoms with Gasteiger partial charge in [0.1, 0.15) is 18.2 Å². The van der Waals surface area contributed by atoms with Gasteiger partial charge in [-0.1, -0.05) is 11.6 Å². The van der Waals surface area contributed by atoms with E-state index in [-0.39, 0.29) is 6.04 Å². The summed E-state index contributed by atoms with van der Waals surface area (Å²) in [6.45, 7) is 0. The Morgan fingerprint density at radius 2 is 2.36 bits per heavy atom. The van der Waals surface area contributed by atoms with Crippen LogP contribution >= 0.6 is 11.6 Å². The number of fused-ring (bicyclic) bond motifs is 1. The normalized spacial score (nSPS) is 27.4. The Hall–Kier alpha value is -1.16. The molecule has 4 nitrogen and oxygen atoms in total. The highest BCUT2D eigenvalue weighted by atomic mass is 35.5. The lowest BCUT2D eigenvalue weighted by Gasteiger charge is -2.10. The summed E-state index contributed by atoms with van der Waals surface area (Å²) >= 11 is 5.82. The molecule has 0 fully saturated rings. The van der Waals surface area contributed by atoms with Crippen molar-refractivity contribution in [2.45, 2.75) is 6.04 Å². The average Bonchev–Trinajstić information content (AvgIpc) is 2.34. The summed E-state index contributed by atoms with van der Waals surface area (Å²) < 4.78 is 0. The molecule has 2 rings (SSSR count). The lowest BCUT2D eigenvalue weighted by Crippen LogP contribution is -2.24. The van der Waals surface area contributed by atoms with E-state index in [9.17, 15) is 0 Å². The third-order valence-electron chi connectivity index (χ3n) is 1.44. The van der Waals surface area contributed by atoms with Gasteiger partial charge in [0.25, 0.3) is 0 Å². The Morgan fingerprint density at radius 3 is 3.18 bits per heavy atom. The number of hydrogen-bond acceptors (Lipinski definition) is 4. The van der Waals surface area contributed by atoms with Gasteiger partial charge < -0.3 is 5.73 Å². The van der Waals surface area contributed by atoms with Gasteiger partial charge in [-0.15, -0.1) is 0 Å². The topological polar surface area (TPSA) is 63.1 Å². The monoisotopic (exact) mass is 168 g/mol. The number of nitrogens with zero attached hydrogens (tertiary/aromatic N) is 3. The van der Waals surface area contributed by atoms with Gasteiger partial charge in [0, 0.05) is 0 Å². The zero-order chi connectivity index (χ0) is 7.84. The van der Waals surface area contributed by atoms with Crippen LogP contribution in [0.1, 0.15) is 0 Å². The molecule has 0 saturated carbocycles. The summed E-state index contributed by atoms with van der Waals surface area (Å²) in [4.78, 5) is 11.8. The van der Waals surface area contributed by atoms with Crippen molar-refractivity contribution in [3.63, 3.8) is 0 Å². The zero-order valence-corrected chi connectivity index (χ0v) is 6.28. The number of rotatable bonds is 0. The number of nitrogens with two attached hydrogens (primary N) is 1. The summed E-state index contributed by atoms with van der Waals surface area (Å²) in [6, 6.07) is -0.205. The third-order valence-corrected chi connectivity index (χ3v) is 1.76. The van der Waals surface area contributed by atoms with Gasteiger partial charge in [0.2, 0.25) is 0 Å². The van der Waals surface area contributed by atoms with Gasteiger partial charge in [-0.3, -0.25) is 4.99 Å². The second-order valence-corrected chi connectivity index (χ2v) is 2.66. The maximum atomic E-state index is 5.82. The molecular formula is C6H5ClN4. The Labute approximate surface area is 68.2 Å². The molecule has 0 aromatic carbocycles. The van der Waals surface area contributed by atoms with Gasteiger partial charge in [-0.2, -0.15) is 0 Å². The number of halogens is 1. The van der Waals surface area contributed by atoms with Gasteiger partial charge in [-0.25, -0.2) is 9.98 Å². The predicted octanol–water partition coefficient (Wildman–Crippen LogP) is 0.289. The van der Waals surface area contributed by atoms with Crippen LogP contribution < -0.4 is 5.73 Å². The van der Waals surface area contributed by atoms with E-state index in [0.717, 1.165) is 0 Å². The first-order chi connectivity index (χ1) is 5.27. The maximum absolute atomic E-state index is 5.82. The first kappa shape index (κ1) is 6.54. The summed E-state index contributed by atoms with van der Waals surface area (Å²) in [5.41, 5.74) is 5.43. The minimum atomic E-state index is -0.205. The number of aliphatic imine (C=N–C) groups is 3. The molecule has 2 heterocycles. The smallest absolute Gasteiger partial charge is 0.162 e. The highest BCUT2D eigenvalue weighted by Crippen LogP contribution is 2.20. The number of amidine groups is 2. The summed E-state index contributed by atoms with van der Waals surface area (Å²) in [5.74, 6) is 0.963. The van der Waals surface area contributed by atoms with Crippen LogP contribution in [-0.2, 0) is 0 Å². The molecule has 1 unspecified atom stereocenters. The molecule has 5 heteroatoms. The van der Waals surface area contributed by atoms with Crippen molar-refractivity contribution in [2.75, 3.05) is 0 Å². The molecule has 0 aromatic rings. The van der Waals surface area contributed by atoms with E-state index < -0.39 is 0 Å². The fourth-order valence-electron chi connectivity index (χ4n) is 0.966. The van der Waals surface area contributed by atoms with Crippen LogP contribution in [0.3, 0.4) is 0 Å². The molecule has 2 N–H and O–H groups in total. The SMILES string of the molecule is NC1=NC2=NC=NC2C(Cl)=C1. The van der Waals surface area contributed by atoms with E-state index >= 15 is 0 Å². The number of dihydropyridines is 1. The fraction of sp³-hybridized carbons (Fsp3) is 0.167. The van der Waals surface area contributed by atoms with Crippen LogP contribution in [0.2, 0.25) is 0 Å². The van der Waals surface area contributed by atoms with Crippen molar-refractivity contribution in [1.82, 2.24) is 0 Å². The maximum Gasteiger partial charge on any atom is 0.162 e. The Balaban J connectivity index is 2.45. The van der Waals surface area contributed by atoms with Crippen LogP contribution in [0, 0.1) is 0 Å².